The van der Waals surface area contributed by atoms with Gasteiger partial charge < -0.3 is 14.7 Å². The molecule has 0 saturated heterocycles. The van der Waals surface area contributed by atoms with Crippen LogP contribution in [0, 0.1) is 0 Å². The Kier molecular flexibility index (Phi) is 3.43. The molecule has 0 spiro atoms. The summed E-state index contributed by atoms with van der Waals surface area (Å²) in [6.07, 6.45) is 0.555. The molecule has 0 fully saturated rings. The SMILES string of the molecule is O=c1[nH]c2ccc(S(=O)(=O)N[C@@H]3CCOc4ccccc43)cc2[nH]1. The van der Waals surface area contributed by atoms with Crippen LogP contribution in [0.25, 0.3) is 11.0 Å². The molecular weight excluding hydrogens is 330 g/mol. The van der Waals surface area contributed by atoms with Gasteiger partial charge in [0.1, 0.15) is 5.75 Å². The van der Waals surface area contributed by atoms with Gasteiger partial charge >= 0.3 is 5.69 Å². The van der Waals surface area contributed by atoms with E-state index in [9.17, 15) is 13.2 Å². The molecule has 8 heteroatoms. The largest absolute Gasteiger partial charge is 0.493 e. The van der Waals surface area contributed by atoms with E-state index in [0.29, 0.717) is 29.8 Å². The molecule has 0 bridgehead atoms. The van der Waals surface area contributed by atoms with Crippen molar-refractivity contribution in [3.63, 3.8) is 0 Å². The Morgan fingerprint density at radius 1 is 1.08 bits per heavy atom. The van der Waals surface area contributed by atoms with Crippen molar-refractivity contribution in [1.82, 2.24) is 14.7 Å². The predicted octanol–water partition coefficient (Wildman–Crippen LogP) is 1.66. The molecule has 0 saturated carbocycles. The van der Waals surface area contributed by atoms with Crippen LogP contribution < -0.4 is 15.1 Å². The minimum atomic E-state index is -3.73. The zero-order valence-corrected chi connectivity index (χ0v) is 13.4. The summed E-state index contributed by atoms with van der Waals surface area (Å²) in [4.78, 5) is 16.6. The Morgan fingerprint density at radius 3 is 2.75 bits per heavy atom. The monoisotopic (exact) mass is 345 g/mol. The standard InChI is InChI=1S/C16H15N3O4S/c20-16-17-13-6-5-10(9-14(13)18-16)24(21,22)19-12-7-8-23-15-4-2-1-3-11(12)15/h1-6,9,12,19H,7-8H2,(H2,17,18,20)/t12-/m1/s1. The molecule has 1 aromatic heterocycles. The predicted molar refractivity (Wildman–Crippen MR) is 88.5 cm³/mol. The van der Waals surface area contributed by atoms with Crippen LogP contribution in [-0.2, 0) is 10.0 Å². The van der Waals surface area contributed by atoms with Gasteiger partial charge in [-0.25, -0.2) is 17.9 Å². The molecule has 7 nitrogen and oxygen atoms in total. The average Bonchev–Trinajstić information content (AvgIpc) is 2.94. The van der Waals surface area contributed by atoms with Crippen molar-refractivity contribution in [3.8, 4) is 5.75 Å². The Labute approximate surface area is 137 Å². The summed E-state index contributed by atoms with van der Waals surface area (Å²) in [6, 6.07) is 11.5. The highest BCUT2D eigenvalue weighted by Crippen LogP contribution is 2.32. The fourth-order valence-corrected chi connectivity index (χ4v) is 4.17. The molecule has 0 radical (unpaired) electrons. The third kappa shape index (κ3) is 2.59. The van der Waals surface area contributed by atoms with Crippen LogP contribution in [0.3, 0.4) is 0 Å². The maximum Gasteiger partial charge on any atom is 0.323 e. The van der Waals surface area contributed by atoms with E-state index in [1.165, 1.54) is 12.1 Å². The Morgan fingerprint density at radius 2 is 1.88 bits per heavy atom. The van der Waals surface area contributed by atoms with Crippen molar-refractivity contribution in [2.45, 2.75) is 17.4 Å². The average molecular weight is 345 g/mol. The van der Waals surface area contributed by atoms with Crippen LogP contribution in [-0.4, -0.2) is 25.0 Å². The van der Waals surface area contributed by atoms with Gasteiger partial charge in [-0.1, -0.05) is 18.2 Å². The summed E-state index contributed by atoms with van der Waals surface area (Å²) in [6.45, 7) is 0.453. The van der Waals surface area contributed by atoms with E-state index < -0.39 is 10.0 Å². The number of H-pyrrole nitrogens is 2. The number of fused-ring (bicyclic) bond motifs is 2. The smallest absolute Gasteiger partial charge is 0.323 e. The number of ether oxygens (including phenoxy) is 1. The third-order valence-electron chi connectivity index (χ3n) is 4.05. The second kappa shape index (κ2) is 5.50. The molecule has 2 heterocycles. The van der Waals surface area contributed by atoms with E-state index in [-0.39, 0.29) is 16.6 Å². The maximum absolute atomic E-state index is 12.7. The lowest BCUT2D eigenvalue weighted by atomic mass is 10.0. The van der Waals surface area contributed by atoms with Crippen molar-refractivity contribution < 1.29 is 13.2 Å². The molecule has 0 unspecified atom stereocenters. The van der Waals surface area contributed by atoms with E-state index >= 15 is 0 Å². The number of sulfonamides is 1. The molecule has 3 N–H and O–H groups in total. The summed E-state index contributed by atoms with van der Waals surface area (Å²) >= 11 is 0. The quantitative estimate of drug-likeness (QED) is 0.671. The van der Waals surface area contributed by atoms with Crippen LogP contribution in [0.2, 0.25) is 0 Å². The fourth-order valence-electron chi connectivity index (χ4n) is 2.90. The molecule has 2 aromatic carbocycles. The highest BCUT2D eigenvalue weighted by Gasteiger charge is 2.26. The lowest BCUT2D eigenvalue weighted by Gasteiger charge is -2.26. The number of benzene rings is 2. The highest BCUT2D eigenvalue weighted by molar-refractivity contribution is 7.89. The first-order chi connectivity index (χ1) is 11.5. The van der Waals surface area contributed by atoms with Crippen LogP contribution in [0.4, 0.5) is 0 Å². The van der Waals surface area contributed by atoms with Gasteiger partial charge in [-0.15, -0.1) is 0 Å². The zero-order chi connectivity index (χ0) is 16.7. The van der Waals surface area contributed by atoms with Crippen molar-refractivity contribution in [3.05, 3.63) is 58.5 Å². The van der Waals surface area contributed by atoms with Gasteiger partial charge in [0.15, 0.2) is 0 Å². The number of aromatic nitrogens is 2. The number of imidazole rings is 1. The van der Waals surface area contributed by atoms with Gasteiger partial charge in [-0.2, -0.15) is 0 Å². The topological polar surface area (TPSA) is 104 Å². The Hall–Kier alpha value is -2.58. The van der Waals surface area contributed by atoms with E-state index in [0.717, 1.165) is 5.56 Å². The van der Waals surface area contributed by atoms with Crippen LogP contribution in [0.5, 0.6) is 5.75 Å². The lowest BCUT2D eigenvalue weighted by molar-refractivity contribution is 0.263. The number of para-hydroxylation sites is 1. The van der Waals surface area contributed by atoms with E-state index in [4.69, 9.17) is 4.74 Å². The number of hydrogen-bond donors (Lipinski definition) is 3. The summed E-state index contributed by atoms with van der Waals surface area (Å²) in [5.41, 5.74) is 1.47. The summed E-state index contributed by atoms with van der Waals surface area (Å²) in [5.74, 6) is 0.696. The van der Waals surface area contributed by atoms with E-state index in [2.05, 4.69) is 14.7 Å². The van der Waals surface area contributed by atoms with Gasteiger partial charge in [0.25, 0.3) is 0 Å². The number of hydrogen-bond acceptors (Lipinski definition) is 4. The van der Waals surface area contributed by atoms with Crippen molar-refractivity contribution >= 4 is 21.1 Å². The molecule has 4 rings (SSSR count). The maximum atomic E-state index is 12.7. The number of aromatic amines is 2. The van der Waals surface area contributed by atoms with Crippen LogP contribution >= 0.6 is 0 Å². The summed E-state index contributed by atoms with van der Waals surface area (Å²) in [7, 11) is -3.73. The number of nitrogens with one attached hydrogen (secondary N) is 3. The van der Waals surface area contributed by atoms with Crippen molar-refractivity contribution in [2.75, 3.05) is 6.61 Å². The Balaban J connectivity index is 1.69. The molecular formula is C16H15N3O4S. The molecule has 0 amide bonds. The van der Waals surface area contributed by atoms with Crippen molar-refractivity contribution in [2.24, 2.45) is 0 Å². The summed E-state index contributed by atoms with van der Waals surface area (Å²) in [5, 5.41) is 0. The lowest BCUT2D eigenvalue weighted by Crippen LogP contribution is -2.32. The molecule has 3 aromatic rings. The van der Waals surface area contributed by atoms with Gasteiger partial charge in [-0.3, -0.25) is 0 Å². The second-order valence-corrected chi connectivity index (χ2v) is 7.35. The van der Waals surface area contributed by atoms with Gasteiger partial charge in [-0.05, 0) is 24.3 Å². The minimum absolute atomic E-state index is 0.106. The second-order valence-electron chi connectivity index (χ2n) is 5.64. The van der Waals surface area contributed by atoms with Gasteiger partial charge in [0, 0.05) is 12.0 Å². The van der Waals surface area contributed by atoms with Gasteiger partial charge in [0.2, 0.25) is 10.0 Å². The molecule has 1 aliphatic rings. The fraction of sp³-hybridized carbons (Fsp3) is 0.188. The third-order valence-corrected chi connectivity index (χ3v) is 5.52. The first kappa shape index (κ1) is 15.0. The molecule has 124 valence electrons. The van der Waals surface area contributed by atoms with E-state index in [1.54, 1.807) is 6.07 Å². The molecule has 1 atom stereocenters. The van der Waals surface area contributed by atoms with E-state index in [1.807, 2.05) is 24.3 Å². The first-order valence-electron chi connectivity index (χ1n) is 7.49. The Bertz CT molecular complexity index is 1070. The molecule has 1 aliphatic heterocycles. The molecule has 24 heavy (non-hydrogen) atoms. The summed E-state index contributed by atoms with van der Waals surface area (Å²) < 4.78 is 33.7. The first-order valence-corrected chi connectivity index (χ1v) is 8.97. The number of rotatable bonds is 3. The molecule has 0 aliphatic carbocycles. The van der Waals surface area contributed by atoms with Crippen LogP contribution in [0.1, 0.15) is 18.0 Å². The zero-order valence-electron chi connectivity index (χ0n) is 12.6. The normalized spacial score (nSPS) is 17.4. The highest BCUT2D eigenvalue weighted by atomic mass is 32.2. The van der Waals surface area contributed by atoms with Crippen LogP contribution in [0.15, 0.2) is 52.2 Å². The van der Waals surface area contributed by atoms with Gasteiger partial charge in [0.05, 0.1) is 28.6 Å². The van der Waals surface area contributed by atoms with Crippen molar-refractivity contribution in [1.29, 1.82) is 0 Å². The minimum Gasteiger partial charge on any atom is -0.493 e.